The highest BCUT2D eigenvalue weighted by molar-refractivity contribution is 6.21. The number of ether oxygens (including phenoxy) is 1. The zero-order valence-corrected chi connectivity index (χ0v) is 16.8. The van der Waals surface area contributed by atoms with Crippen molar-refractivity contribution in [2.45, 2.75) is 25.9 Å². The number of anilines is 1. The molecule has 1 aliphatic rings. The first-order valence-electron chi connectivity index (χ1n) is 9.63. The topological polar surface area (TPSA) is 136 Å². The van der Waals surface area contributed by atoms with Gasteiger partial charge in [0.15, 0.2) is 6.10 Å². The van der Waals surface area contributed by atoms with Gasteiger partial charge in [-0.1, -0.05) is 12.1 Å². The second kappa shape index (κ2) is 9.21. The van der Waals surface area contributed by atoms with Crippen LogP contribution in [0.3, 0.4) is 0 Å². The van der Waals surface area contributed by atoms with Crippen molar-refractivity contribution in [3.63, 3.8) is 0 Å². The molecule has 3 rings (SSSR count). The van der Waals surface area contributed by atoms with Crippen LogP contribution in [0, 0.1) is 0 Å². The summed E-state index contributed by atoms with van der Waals surface area (Å²) in [4.78, 5) is 61.0. The predicted molar refractivity (Wildman–Crippen MR) is 110 cm³/mol. The maximum absolute atomic E-state index is 12.3. The molecule has 0 saturated carbocycles. The lowest BCUT2D eigenvalue weighted by Gasteiger charge is -2.15. The SMILES string of the molecule is C[C@@H](OC(=O)CCCN1C(=O)c2ccccc2C1=O)C(=O)Nc1ccc(C(N)=O)cc1. The van der Waals surface area contributed by atoms with Crippen LogP contribution in [0.25, 0.3) is 0 Å². The molecule has 31 heavy (non-hydrogen) atoms. The molecule has 0 fully saturated rings. The van der Waals surface area contributed by atoms with Crippen LogP contribution in [0.2, 0.25) is 0 Å². The molecule has 0 aliphatic carbocycles. The van der Waals surface area contributed by atoms with E-state index < -0.39 is 23.9 Å². The van der Waals surface area contributed by atoms with Crippen LogP contribution in [0.4, 0.5) is 5.69 Å². The van der Waals surface area contributed by atoms with Gasteiger partial charge in [-0.25, -0.2) is 0 Å². The molecule has 0 unspecified atom stereocenters. The van der Waals surface area contributed by atoms with Gasteiger partial charge in [0.25, 0.3) is 17.7 Å². The van der Waals surface area contributed by atoms with Gasteiger partial charge in [-0.3, -0.25) is 28.9 Å². The molecule has 0 saturated heterocycles. The molecule has 2 aromatic carbocycles. The van der Waals surface area contributed by atoms with Gasteiger partial charge in [-0.05, 0) is 49.7 Å². The first-order valence-corrected chi connectivity index (χ1v) is 9.63. The van der Waals surface area contributed by atoms with E-state index in [2.05, 4.69) is 5.32 Å². The number of benzene rings is 2. The van der Waals surface area contributed by atoms with Crippen LogP contribution >= 0.6 is 0 Å². The molecule has 160 valence electrons. The summed E-state index contributed by atoms with van der Waals surface area (Å²) in [6.45, 7) is 1.50. The number of nitrogens with one attached hydrogen (secondary N) is 1. The molecule has 9 heteroatoms. The normalized spacial score (nSPS) is 13.5. The number of fused-ring (bicyclic) bond motifs is 1. The van der Waals surface area contributed by atoms with Crippen LogP contribution in [-0.2, 0) is 14.3 Å². The highest BCUT2D eigenvalue weighted by atomic mass is 16.5. The first kappa shape index (κ1) is 21.7. The molecule has 0 radical (unpaired) electrons. The van der Waals surface area contributed by atoms with Gasteiger partial charge < -0.3 is 15.8 Å². The van der Waals surface area contributed by atoms with E-state index in [1.807, 2.05) is 0 Å². The molecule has 0 spiro atoms. The summed E-state index contributed by atoms with van der Waals surface area (Å²) >= 11 is 0. The highest BCUT2D eigenvalue weighted by Crippen LogP contribution is 2.22. The summed E-state index contributed by atoms with van der Waals surface area (Å²) in [6.07, 6.45) is -0.895. The fourth-order valence-corrected chi connectivity index (χ4v) is 3.10. The highest BCUT2D eigenvalue weighted by Gasteiger charge is 2.34. The number of amides is 4. The lowest BCUT2D eigenvalue weighted by atomic mass is 10.1. The monoisotopic (exact) mass is 423 g/mol. The van der Waals surface area contributed by atoms with Gasteiger partial charge in [0.05, 0.1) is 11.1 Å². The van der Waals surface area contributed by atoms with E-state index >= 15 is 0 Å². The van der Waals surface area contributed by atoms with Crippen molar-refractivity contribution in [1.29, 1.82) is 0 Å². The third-order valence-corrected chi connectivity index (χ3v) is 4.76. The molecular weight excluding hydrogens is 402 g/mol. The molecule has 1 atom stereocenters. The van der Waals surface area contributed by atoms with Crippen LogP contribution in [-0.4, -0.2) is 47.1 Å². The van der Waals surface area contributed by atoms with Crippen LogP contribution < -0.4 is 11.1 Å². The summed E-state index contributed by atoms with van der Waals surface area (Å²) in [6, 6.07) is 12.5. The van der Waals surface area contributed by atoms with Crippen molar-refractivity contribution in [2.24, 2.45) is 5.73 Å². The Labute approximate surface area is 178 Å². The van der Waals surface area contributed by atoms with Gasteiger partial charge in [-0.2, -0.15) is 0 Å². The minimum Gasteiger partial charge on any atom is -0.453 e. The van der Waals surface area contributed by atoms with E-state index in [0.717, 1.165) is 4.90 Å². The molecule has 0 bridgehead atoms. The van der Waals surface area contributed by atoms with Crippen LogP contribution in [0.15, 0.2) is 48.5 Å². The van der Waals surface area contributed by atoms with Crippen molar-refractivity contribution in [3.05, 3.63) is 65.2 Å². The number of carbonyl (C=O) groups excluding carboxylic acids is 5. The Morgan fingerprint density at radius 3 is 2.13 bits per heavy atom. The van der Waals surface area contributed by atoms with Gasteiger partial charge >= 0.3 is 5.97 Å². The van der Waals surface area contributed by atoms with E-state index in [-0.39, 0.29) is 31.2 Å². The predicted octanol–water partition coefficient (Wildman–Crippen LogP) is 1.73. The Bertz CT molecular complexity index is 1010. The molecule has 2 aromatic rings. The smallest absolute Gasteiger partial charge is 0.306 e. The quantitative estimate of drug-likeness (QED) is 0.490. The number of hydrogen-bond acceptors (Lipinski definition) is 6. The van der Waals surface area contributed by atoms with Crippen molar-refractivity contribution in [2.75, 3.05) is 11.9 Å². The molecule has 3 N–H and O–H groups in total. The fourth-order valence-electron chi connectivity index (χ4n) is 3.10. The van der Waals surface area contributed by atoms with Crippen molar-refractivity contribution in [1.82, 2.24) is 4.90 Å². The van der Waals surface area contributed by atoms with E-state index in [0.29, 0.717) is 22.4 Å². The Hall–Kier alpha value is -4.01. The van der Waals surface area contributed by atoms with E-state index in [1.165, 1.54) is 31.2 Å². The van der Waals surface area contributed by atoms with Gasteiger partial charge in [0.1, 0.15) is 0 Å². The second-order valence-corrected chi connectivity index (χ2v) is 6.97. The van der Waals surface area contributed by atoms with Crippen LogP contribution in [0.1, 0.15) is 50.8 Å². The zero-order chi connectivity index (χ0) is 22.5. The molecule has 1 aliphatic heterocycles. The number of rotatable bonds is 8. The Balaban J connectivity index is 1.44. The zero-order valence-electron chi connectivity index (χ0n) is 16.8. The molecule has 9 nitrogen and oxygen atoms in total. The summed E-state index contributed by atoms with van der Waals surface area (Å²) in [5, 5.41) is 2.57. The Kier molecular flexibility index (Phi) is 6.44. The maximum atomic E-state index is 12.3. The fraction of sp³-hybridized carbons (Fsp3) is 0.227. The van der Waals surface area contributed by atoms with Crippen molar-refractivity contribution < 1.29 is 28.7 Å². The van der Waals surface area contributed by atoms with Gasteiger partial charge in [0.2, 0.25) is 5.91 Å². The van der Waals surface area contributed by atoms with E-state index in [1.54, 1.807) is 24.3 Å². The Morgan fingerprint density at radius 1 is 1.00 bits per heavy atom. The number of imide groups is 1. The average molecular weight is 423 g/mol. The average Bonchev–Trinajstić information content (AvgIpc) is 2.99. The Morgan fingerprint density at radius 2 is 1.58 bits per heavy atom. The number of esters is 1. The number of hydrogen-bond donors (Lipinski definition) is 2. The number of nitrogens with zero attached hydrogens (tertiary/aromatic N) is 1. The largest absolute Gasteiger partial charge is 0.453 e. The molecule has 0 aromatic heterocycles. The summed E-state index contributed by atoms with van der Waals surface area (Å²) < 4.78 is 5.11. The lowest BCUT2D eigenvalue weighted by Crippen LogP contribution is -2.32. The number of nitrogens with two attached hydrogens (primary N) is 1. The van der Waals surface area contributed by atoms with Crippen molar-refractivity contribution in [3.8, 4) is 0 Å². The molecular formula is C22H21N3O6. The summed E-state index contributed by atoms with van der Waals surface area (Å²) in [7, 11) is 0. The van der Waals surface area contributed by atoms with Gasteiger partial charge in [-0.15, -0.1) is 0 Å². The molecule has 4 amide bonds. The van der Waals surface area contributed by atoms with Gasteiger partial charge in [0, 0.05) is 24.2 Å². The third kappa shape index (κ3) is 4.95. The minimum atomic E-state index is -1.05. The summed E-state index contributed by atoms with van der Waals surface area (Å²) in [5.41, 5.74) is 6.58. The summed E-state index contributed by atoms with van der Waals surface area (Å²) in [5.74, 6) is -2.52. The number of carbonyl (C=O) groups is 5. The third-order valence-electron chi connectivity index (χ3n) is 4.76. The van der Waals surface area contributed by atoms with E-state index in [4.69, 9.17) is 10.5 Å². The second-order valence-electron chi connectivity index (χ2n) is 6.97. The van der Waals surface area contributed by atoms with Crippen LogP contribution in [0.5, 0.6) is 0 Å². The molecule has 1 heterocycles. The number of primary amides is 1. The lowest BCUT2D eigenvalue weighted by molar-refractivity contribution is -0.153. The van der Waals surface area contributed by atoms with Crippen molar-refractivity contribution >= 4 is 35.3 Å². The van der Waals surface area contributed by atoms with E-state index in [9.17, 15) is 24.0 Å². The minimum absolute atomic E-state index is 0.0572. The standard InChI is InChI=1S/C22H21N3O6/c1-13(20(28)24-15-10-8-14(9-11-15)19(23)27)31-18(26)7-4-12-25-21(29)16-5-2-3-6-17(16)22(25)30/h2-3,5-6,8-11,13H,4,7,12H2,1H3,(H2,23,27)(H,24,28)/t13-/m1/s1. The first-order chi connectivity index (χ1) is 14.8. The maximum Gasteiger partial charge on any atom is 0.306 e.